The summed E-state index contributed by atoms with van der Waals surface area (Å²) in [7, 11) is 0. The lowest BCUT2D eigenvalue weighted by Crippen LogP contribution is -2.51. The van der Waals surface area contributed by atoms with Crippen LogP contribution in [0.15, 0.2) is 0 Å². The molecular weight excluding hydrogens is 292 g/mol. The van der Waals surface area contributed by atoms with Crippen LogP contribution in [0.1, 0.15) is 27.2 Å². The van der Waals surface area contributed by atoms with Gasteiger partial charge in [-0.3, -0.25) is 14.6 Å². The van der Waals surface area contributed by atoms with Crippen LogP contribution >= 0.6 is 0 Å². The number of hydrogen-bond donors (Lipinski definition) is 1. The van der Waals surface area contributed by atoms with Crippen LogP contribution in [0.25, 0.3) is 0 Å². The number of rotatable bonds is 6. The van der Waals surface area contributed by atoms with Gasteiger partial charge in [-0.15, -0.1) is 0 Å². The molecule has 6 heteroatoms. The second-order valence-corrected chi connectivity index (χ2v) is 7.32. The predicted molar refractivity (Wildman–Crippen MR) is 88.8 cm³/mol. The summed E-state index contributed by atoms with van der Waals surface area (Å²) in [6.45, 7) is 12.8. The SMILES string of the molecule is CC(C)C(C)(C#N)NC(=O)CN1CCC(CN2CCOCC2)C1. The van der Waals surface area contributed by atoms with Gasteiger partial charge in [-0.05, 0) is 31.7 Å². The highest BCUT2D eigenvalue weighted by molar-refractivity contribution is 5.79. The molecular formula is C17H30N4O2. The second-order valence-electron chi connectivity index (χ2n) is 7.32. The van der Waals surface area contributed by atoms with Gasteiger partial charge in [0.1, 0.15) is 5.54 Å². The van der Waals surface area contributed by atoms with Crippen molar-refractivity contribution in [3.05, 3.63) is 0 Å². The lowest BCUT2D eigenvalue weighted by atomic mass is 9.90. The molecule has 0 saturated carbocycles. The number of carbonyl (C=O) groups is 1. The Morgan fingerprint density at radius 3 is 2.65 bits per heavy atom. The minimum atomic E-state index is -0.788. The smallest absolute Gasteiger partial charge is 0.235 e. The van der Waals surface area contributed by atoms with Gasteiger partial charge in [-0.25, -0.2) is 0 Å². The molecule has 2 rings (SSSR count). The van der Waals surface area contributed by atoms with Crippen LogP contribution in [-0.2, 0) is 9.53 Å². The fraction of sp³-hybridized carbons (Fsp3) is 0.882. The quantitative estimate of drug-likeness (QED) is 0.779. The van der Waals surface area contributed by atoms with Crippen molar-refractivity contribution in [3.63, 3.8) is 0 Å². The summed E-state index contributed by atoms with van der Waals surface area (Å²) in [5.41, 5.74) is -0.788. The van der Waals surface area contributed by atoms with Crippen LogP contribution in [0, 0.1) is 23.2 Å². The second kappa shape index (κ2) is 8.09. The van der Waals surface area contributed by atoms with Crippen LogP contribution in [0.2, 0.25) is 0 Å². The molecule has 1 N–H and O–H groups in total. The summed E-state index contributed by atoms with van der Waals surface area (Å²) in [6.07, 6.45) is 1.14. The number of ether oxygens (including phenoxy) is 1. The molecule has 0 aromatic heterocycles. The van der Waals surface area contributed by atoms with Crippen molar-refractivity contribution >= 4 is 5.91 Å². The van der Waals surface area contributed by atoms with Crippen molar-refractivity contribution in [1.82, 2.24) is 15.1 Å². The summed E-state index contributed by atoms with van der Waals surface area (Å²) in [6, 6.07) is 2.23. The summed E-state index contributed by atoms with van der Waals surface area (Å²) >= 11 is 0. The molecule has 2 heterocycles. The van der Waals surface area contributed by atoms with E-state index in [1.165, 1.54) is 0 Å². The van der Waals surface area contributed by atoms with Crippen LogP contribution in [0.3, 0.4) is 0 Å². The van der Waals surface area contributed by atoms with Gasteiger partial charge in [-0.1, -0.05) is 13.8 Å². The first-order chi connectivity index (χ1) is 10.9. The molecule has 23 heavy (non-hydrogen) atoms. The molecule has 0 aromatic rings. The number of carbonyl (C=O) groups excluding carboxylic acids is 1. The minimum Gasteiger partial charge on any atom is -0.379 e. The third kappa shape index (κ3) is 5.17. The maximum atomic E-state index is 12.2. The van der Waals surface area contributed by atoms with Gasteiger partial charge in [0.2, 0.25) is 5.91 Å². The lowest BCUT2D eigenvalue weighted by Gasteiger charge is -2.29. The molecule has 2 atom stereocenters. The summed E-state index contributed by atoms with van der Waals surface area (Å²) in [5, 5.41) is 12.2. The van der Waals surface area contributed by atoms with Crippen molar-refractivity contribution in [2.75, 3.05) is 52.5 Å². The molecule has 0 radical (unpaired) electrons. The van der Waals surface area contributed by atoms with Crippen LogP contribution in [-0.4, -0.2) is 73.7 Å². The van der Waals surface area contributed by atoms with Crippen molar-refractivity contribution in [2.45, 2.75) is 32.7 Å². The Kier molecular flexibility index (Phi) is 6.40. The first-order valence-corrected chi connectivity index (χ1v) is 8.67. The summed E-state index contributed by atoms with van der Waals surface area (Å²) in [5.74, 6) is 0.673. The number of likely N-dealkylation sites (tertiary alicyclic amines) is 1. The first kappa shape index (κ1) is 18.2. The van der Waals surface area contributed by atoms with Gasteiger partial charge in [-0.2, -0.15) is 5.26 Å². The van der Waals surface area contributed by atoms with E-state index in [2.05, 4.69) is 21.2 Å². The third-order valence-corrected chi connectivity index (χ3v) is 5.14. The Hall–Kier alpha value is -1.16. The normalized spacial score (nSPS) is 26.0. The zero-order valence-electron chi connectivity index (χ0n) is 14.7. The lowest BCUT2D eigenvalue weighted by molar-refractivity contribution is -0.123. The standard InChI is InChI=1S/C17H30N4O2/c1-14(2)17(3,13-18)19-16(22)12-21-5-4-15(11-21)10-20-6-8-23-9-7-20/h14-15H,4-12H2,1-3H3,(H,19,22). The molecule has 0 aromatic carbocycles. The van der Waals surface area contributed by atoms with Crippen molar-refractivity contribution < 1.29 is 9.53 Å². The van der Waals surface area contributed by atoms with E-state index in [0.29, 0.717) is 12.5 Å². The fourth-order valence-corrected chi connectivity index (χ4v) is 3.19. The molecule has 2 unspecified atom stereocenters. The highest BCUT2D eigenvalue weighted by Gasteiger charge is 2.32. The number of morpholine rings is 1. The highest BCUT2D eigenvalue weighted by Crippen LogP contribution is 2.19. The molecule has 0 spiro atoms. The molecule has 2 fully saturated rings. The maximum absolute atomic E-state index is 12.2. The third-order valence-electron chi connectivity index (χ3n) is 5.14. The van der Waals surface area contributed by atoms with Crippen LogP contribution in [0.4, 0.5) is 0 Å². The molecule has 0 bridgehead atoms. The average molecular weight is 322 g/mol. The van der Waals surface area contributed by atoms with Gasteiger partial charge in [0.15, 0.2) is 0 Å². The number of hydrogen-bond acceptors (Lipinski definition) is 5. The van der Waals surface area contributed by atoms with E-state index in [1.807, 2.05) is 13.8 Å². The van der Waals surface area contributed by atoms with E-state index < -0.39 is 5.54 Å². The Balaban J connectivity index is 1.74. The fourth-order valence-electron chi connectivity index (χ4n) is 3.19. The molecule has 130 valence electrons. The highest BCUT2D eigenvalue weighted by atomic mass is 16.5. The van der Waals surface area contributed by atoms with Gasteiger partial charge in [0, 0.05) is 26.2 Å². The number of nitriles is 1. The van der Waals surface area contributed by atoms with E-state index in [4.69, 9.17) is 4.74 Å². The van der Waals surface area contributed by atoms with E-state index in [9.17, 15) is 10.1 Å². The molecule has 1 amide bonds. The Morgan fingerprint density at radius 2 is 2.04 bits per heavy atom. The van der Waals surface area contributed by atoms with E-state index in [1.54, 1.807) is 6.92 Å². The topological polar surface area (TPSA) is 68.6 Å². The zero-order chi connectivity index (χ0) is 16.9. The molecule has 0 aliphatic carbocycles. The summed E-state index contributed by atoms with van der Waals surface area (Å²) < 4.78 is 5.38. The van der Waals surface area contributed by atoms with Crippen molar-refractivity contribution in [1.29, 1.82) is 5.26 Å². The Bertz CT molecular complexity index is 442. The maximum Gasteiger partial charge on any atom is 0.235 e. The van der Waals surface area contributed by atoms with E-state index in [-0.39, 0.29) is 11.8 Å². The molecule has 2 aliphatic heterocycles. The minimum absolute atomic E-state index is 0.0465. The largest absolute Gasteiger partial charge is 0.379 e. The molecule has 6 nitrogen and oxygen atoms in total. The van der Waals surface area contributed by atoms with Crippen LogP contribution in [0.5, 0.6) is 0 Å². The zero-order valence-corrected chi connectivity index (χ0v) is 14.7. The average Bonchev–Trinajstić information content (AvgIpc) is 2.94. The first-order valence-electron chi connectivity index (χ1n) is 8.67. The van der Waals surface area contributed by atoms with Crippen molar-refractivity contribution in [3.8, 4) is 6.07 Å². The van der Waals surface area contributed by atoms with Crippen LogP contribution < -0.4 is 5.32 Å². The number of nitrogens with one attached hydrogen (secondary N) is 1. The van der Waals surface area contributed by atoms with Gasteiger partial charge < -0.3 is 10.1 Å². The van der Waals surface area contributed by atoms with Gasteiger partial charge in [0.25, 0.3) is 0 Å². The van der Waals surface area contributed by atoms with Gasteiger partial charge >= 0.3 is 0 Å². The van der Waals surface area contributed by atoms with Crippen molar-refractivity contribution in [2.24, 2.45) is 11.8 Å². The van der Waals surface area contributed by atoms with Gasteiger partial charge in [0.05, 0.1) is 25.8 Å². The predicted octanol–water partition coefficient (Wildman–Crippen LogP) is 0.695. The Labute approximate surface area is 139 Å². The van der Waals surface area contributed by atoms with E-state index in [0.717, 1.165) is 52.4 Å². The molecule has 2 saturated heterocycles. The van der Waals surface area contributed by atoms with E-state index >= 15 is 0 Å². The number of amides is 1. The summed E-state index contributed by atoms with van der Waals surface area (Å²) in [4.78, 5) is 16.9. The Morgan fingerprint density at radius 1 is 1.35 bits per heavy atom. The monoisotopic (exact) mass is 322 g/mol. The number of nitrogens with zero attached hydrogens (tertiary/aromatic N) is 3. The molecule has 2 aliphatic rings.